The summed E-state index contributed by atoms with van der Waals surface area (Å²) in [6.07, 6.45) is 0. The maximum atomic E-state index is 4.84. The molecule has 1 aromatic heterocycles. The second-order valence-electron chi connectivity index (χ2n) is 7.02. The zero-order valence-electron chi connectivity index (χ0n) is 16.1. The first-order valence-electron chi connectivity index (χ1n) is 8.96. The molecule has 0 radical (unpaired) electrons. The molecule has 2 aromatic carbocycles. The Labute approximate surface area is 155 Å². The van der Waals surface area contributed by atoms with Crippen molar-refractivity contribution in [2.45, 2.75) is 33.6 Å². The van der Waals surface area contributed by atoms with Gasteiger partial charge in [0.25, 0.3) is 0 Å². The van der Waals surface area contributed by atoms with E-state index in [2.05, 4.69) is 75.5 Å². The van der Waals surface area contributed by atoms with Crippen LogP contribution in [0.3, 0.4) is 0 Å². The maximum absolute atomic E-state index is 4.84. The van der Waals surface area contributed by atoms with Crippen molar-refractivity contribution in [3.05, 3.63) is 76.8 Å². The SMILES string of the molecule is Cc1ccc(N=c2cc(C(C)C)n(C)nc2Nc2ccc(C)cc2)cc1. The zero-order valence-corrected chi connectivity index (χ0v) is 16.1. The van der Waals surface area contributed by atoms with Crippen molar-refractivity contribution in [3.8, 4) is 0 Å². The Morgan fingerprint density at radius 3 is 2.08 bits per heavy atom. The first kappa shape index (κ1) is 17.9. The average Bonchev–Trinajstić information content (AvgIpc) is 2.60. The van der Waals surface area contributed by atoms with Gasteiger partial charge in [0.05, 0.1) is 5.69 Å². The van der Waals surface area contributed by atoms with Crippen LogP contribution in [0, 0.1) is 13.8 Å². The lowest BCUT2D eigenvalue weighted by molar-refractivity contribution is 0.640. The van der Waals surface area contributed by atoms with E-state index in [1.54, 1.807) is 0 Å². The standard InChI is InChI=1S/C22H26N4/c1-15(2)21-14-20(23-18-10-6-16(3)7-11-18)22(25-26(21)5)24-19-12-8-17(4)9-13-19/h6-15H,1-5H3,(H,24,25). The van der Waals surface area contributed by atoms with Crippen molar-refractivity contribution in [3.63, 3.8) is 0 Å². The molecule has 4 nitrogen and oxygen atoms in total. The van der Waals surface area contributed by atoms with Gasteiger partial charge in [-0.05, 0) is 50.1 Å². The largest absolute Gasteiger partial charge is 0.337 e. The Morgan fingerprint density at radius 1 is 0.923 bits per heavy atom. The van der Waals surface area contributed by atoms with Crippen molar-refractivity contribution >= 4 is 17.2 Å². The van der Waals surface area contributed by atoms with Gasteiger partial charge in [0, 0.05) is 18.4 Å². The molecule has 0 fully saturated rings. The highest BCUT2D eigenvalue weighted by Gasteiger charge is 2.09. The summed E-state index contributed by atoms with van der Waals surface area (Å²) >= 11 is 0. The minimum Gasteiger partial charge on any atom is -0.337 e. The predicted molar refractivity (Wildman–Crippen MR) is 108 cm³/mol. The number of hydrogen-bond acceptors (Lipinski definition) is 3. The summed E-state index contributed by atoms with van der Waals surface area (Å²) in [4.78, 5) is 4.84. The van der Waals surface area contributed by atoms with Crippen LogP contribution in [-0.4, -0.2) is 9.78 Å². The third kappa shape index (κ3) is 4.20. The second kappa shape index (κ2) is 7.56. The highest BCUT2D eigenvalue weighted by molar-refractivity contribution is 5.56. The van der Waals surface area contributed by atoms with Gasteiger partial charge >= 0.3 is 0 Å². The number of hydrogen-bond donors (Lipinski definition) is 1. The van der Waals surface area contributed by atoms with E-state index in [4.69, 9.17) is 10.1 Å². The summed E-state index contributed by atoms with van der Waals surface area (Å²) < 4.78 is 1.93. The van der Waals surface area contributed by atoms with Crippen molar-refractivity contribution < 1.29 is 0 Å². The van der Waals surface area contributed by atoms with E-state index in [0.717, 1.165) is 28.2 Å². The fourth-order valence-corrected chi connectivity index (χ4v) is 2.81. The normalized spacial score (nSPS) is 11.8. The van der Waals surface area contributed by atoms with Crippen LogP contribution in [0.25, 0.3) is 0 Å². The highest BCUT2D eigenvalue weighted by atomic mass is 15.3. The van der Waals surface area contributed by atoms with Crippen LogP contribution < -0.4 is 10.7 Å². The molecule has 0 atom stereocenters. The third-order valence-electron chi connectivity index (χ3n) is 4.34. The summed E-state index contributed by atoms with van der Waals surface area (Å²) in [7, 11) is 1.98. The van der Waals surface area contributed by atoms with Crippen molar-refractivity contribution in [1.29, 1.82) is 0 Å². The quantitative estimate of drug-likeness (QED) is 0.711. The number of rotatable bonds is 4. The van der Waals surface area contributed by atoms with Crippen LogP contribution in [-0.2, 0) is 7.05 Å². The molecule has 0 unspecified atom stereocenters. The number of aromatic nitrogens is 2. The molecule has 3 rings (SSSR count). The van der Waals surface area contributed by atoms with Gasteiger partial charge in [0.1, 0.15) is 5.36 Å². The second-order valence-corrected chi connectivity index (χ2v) is 7.02. The summed E-state index contributed by atoms with van der Waals surface area (Å²) in [5.74, 6) is 1.12. The third-order valence-corrected chi connectivity index (χ3v) is 4.34. The van der Waals surface area contributed by atoms with Crippen molar-refractivity contribution in [2.75, 3.05) is 5.32 Å². The van der Waals surface area contributed by atoms with Gasteiger partial charge in [0.2, 0.25) is 0 Å². The van der Waals surface area contributed by atoms with Gasteiger partial charge in [-0.2, -0.15) is 5.10 Å². The Kier molecular flexibility index (Phi) is 5.21. The van der Waals surface area contributed by atoms with Crippen molar-refractivity contribution in [2.24, 2.45) is 12.0 Å². The minimum absolute atomic E-state index is 0.368. The van der Waals surface area contributed by atoms with Crippen LogP contribution in [0.1, 0.15) is 36.6 Å². The monoisotopic (exact) mass is 346 g/mol. The van der Waals surface area contributed by atoms with Crippen LogP contribution in [0.2, 0.25) is 0 Å². The molecule has 0 amide bonds. The maximum Gasteiger partial charge on any atom is 0.176 e. The lowest BCUT2D eigenvalue weighted by Crippen LogP contribution is -2.19. The molecule has 3 aromatic rings. The van der Waals surface area contributed by atoms with Gasteiger partial charge in [-0.1, -0.05) is 49.2 Å². The van der Waals surface area contributed by atoms with Gasteiger partial charge < -0.3 is 5.32 Å². The first-order valence-corrected chi connectivity index (χ1v) is 8.96. The molecule has 0 saturated carbocycles. The molecule has 0 aliphatic rings. The molecular formula is C22H26N4. The summed E-state index contributed by atoms with van der Waals surface area (Å²) in [5.41, 5.74) is 5.52. The summed E-state index contributed by atoms with van der Waals surface area (Å²) in [6.45, 7) is 8.49. The fraction of sp³-hybridized carbons (Fsp3) is 0.273. The van der Waals surface area contributed by atoms with Gasteiger partial charge in [0.15, 0.2) is 5.82 Å². The molecule has 1 N–H and O–H groups in total. The molecular weight excluding hydrogens is 320 g/mol. The number of benzene rings is 2. The highest BCUT2D eigenvalue weighted by Crippen LogP contribution is 2.17. The smallest absolute Gasteiger partial charge is 0.176 e. The Bertz CT molecular complexity index is 949. The Balaban J connectivity index is 2.10. The van der Waals surface area contributed by atoms with Crippen LogP contribution >= 0.6 is 0 Å². The number of nitrogens with zero attached hydrogens (tertiary/aromatic N) is 3. The average molecular weight is 346 g/mol. The number of anilines is 2. The van der Waals surface area contributed by atoms with E-state index in [1.165, 1.54) is 11.1 Å². The summed E-state index contributed by atoms with van der Waals surface area (Å²) in [6, 6.07) is 18.6. The lowest BCUT2D eigenvalue weighted by atomic mass is 10.1. The molecule has 0 bridgehead atoms. The van der Waals surface area contributed by atoms with Gasteiger partial charge in [-0.25, -0.2) is 4.99 Å². The summed E-state index contributed by atoms with van der Waals surface area (Å²) in [5, 5.41) is 8.99. The molecule has 0 spiro atoms. The fourth-order valence-electron chi connectivity index (χ4n) is 2.81. The van der Waals surface area contributed by atoms with Crippen LogP contribution in [0.15, 0.2) is 59.6 Å². The lowest BCUT2D eigenvalue weighted by Gasteiger charge is -2.14. The zero-order chi connectivity index (χ0) is 18.7. The van der Waals surface area contributed by atoms with E-state index in [0.29, 0.717) is 5.92 Å². The van der Waals surface area contributed by atoms with Crippen LogP contribution in [0.4, 0.5) is 17.2 Å². The van der Waals surface area contributed by atoms with Crippen LogP contribution in [0.5, 0.6) is 0 Å². The Morgan fingerprint density at radius 2 is 1.50 bits per heavy atom. The minimum atomic E-state index is 0.368. The molecule has 134 valence electrons. The topological polar surface area (TPSA) is 42.2 Å². The molecule has 26 heavy (non-hydrogen) atoms. The van der Waals surface area contributed by atoms with E-state index < -0.39 is 0 Å². The molecule has 0 aliphatic heterocycles. The molecule has 0 aliphatic carbocycles. The first-order chi connectivity index (χ1) is 12.4. The number of nitrogens with one attached hydrogen (secondary N) is 1. The molecule has 4 heteroatoms. The van der Waals surface area contributed by atoms with Gasteiger partial charge in [-0.3, -0.25) is 4.68 Å². The predicted octanol–water partition coefficient (Wildman–Crippen LogP) is 5.14. The Hall–Kier alpha value is -2.88. The van der Waals surface area contributed by atoms with E-state index in [1.807, 2.05) is 23.9 Å². The van der Waals surface area contributed by atoms with E-state index >= 15 is 0 Å². The van der Waals surface area contributed by atoms with E-state index in [-0.39, 0.29) is 0 Å². The molecule has 1 heterocycles. The van der Waals surface area contributed by atoms with Crippen molar-refractivity contribution in [1.82, 2.24) is 9.78 Å². The molecule has 0 saturated heterocycles. The van der Waals surface area contributed by atoms with E-state index in [9.17, 15) is 0 Å². The number of aryl methyl sites for hydroxylation is 3. The van der Waals surface area contributed by atoms with Gasteiger partial charge in [-0.15, -0.1) is 0 Å².